The minimum Gasteiger partial charge on any atom is -0.493 e. The monoisotopic (exact) mass is 425 g/mol. The van der Waals surface area contributed by atoms with Gasteiger partial charge in [0.05, 0.1) is 26.9 Å². The third-order valence-corrected chi connectivity index (χ3v) is 4.85. The predicted octanol–water partition coefficient (Wildman–Crippen LogP) is 3.13. The van der Waals surface area contributed by atoms with Gasteiger partial charge in [-0.2, -0.15) is 13.2 Å². The number of carbonyl (C=O) groups is 1. The maximum Gasteiger partial charge on any atom is 0.417 e. The number of halogens is 3. The highest BCUT2D eigenvalue weighted by Crippen LogP contribution is 2.38. The molecule has 0 aliphatic carbocycles. The molecular weight excluding hydrogens is 403 g/mol. The summed E-state index contributed by atoms with van der Waals surface area (Å²) >= 11 is 0. The number of benzene rings is 1. The Hall–Kier alpha value is -3.17. The van der Waals surface area contributed by atoms with E-state index in [9.17, 15) is 18.0 Å². The molecule has 1 atom stereocenters. The second-order valence-electron chi connectivity index (χ2n) is 6.72. The average Bonchev–Trinajstić information content (AvgIpc) is 3.20. The minimum atomic E-state index is -4.42. The van der Waals surface area contributed by atoms with Crippen LogP contribution < -0.4 is 24.4 Å². The fourth-order valence-electron chi connectivity index (χ4n) is 3.31. The van der Waals surface area contributed by atoms with Crippen LogP contribution in [0.3, 0.4) is 0 Å². The van der Waals surface area contributed by atoms with E-state index in [1.165, 1.54) is 27.4 Å². The number of nitrogens with zero attached hydrogens (tertiary/aromatic N) is 2. The number of anilines is 1. The van der Waals surface area contributed by atoms with Gasteiger partial charge < -0.3 is 24.4 Å². The van der Waals surface area contributed by atoms with E-state index in [-0.39, 0.29) is 11.9 Å². The number of pyridine rings is 1. The molecule has 30 heavy (non-hydrogen) atoms. The number of aromatic nitrogens is 1. The molecule has 1 saturated heterocycles. The number of rotatable bonds is 6. The number of alkyl halides is 3. The van der Waals surface area contributed by atoms with Gasteiger partial charge in [0.2, 0.25) is 5.75 Å². The van der Waals surface area contributed by atoms with Crippen molar-refractivity contribution < 1.29 is 32.2 Å². The van der Waals surface area contributed by atoms with Crippen LogP contribution in [0.25, 0.3) is 0 Å². The van der Waals surface area contributed by atoms with Gasteiger partial charge in [0.1, 0.15) is 5.82 Å². The van der Waals surface area contributed by atoms with Gasteiger partial charge in [0, 0.05) is 30.9 Å². The summed E-state index contributed by atoms with van der Waals surface area (Å²) in [6.07, 6.45) is -2.97. The zero-order chi connectivity index (χ0) is 21.9. The molecule has 1 aliphatic rings. The van der Waals surface area contributed by atoms with Gasteiger partial charge in [-0.3, -0.25) is 4.79 Å². The minimum absolute atomic E-state index is 0.180. The summed E-state index contributed by atoms with van der Waals surface area (Å²) in [5.41, 5.74) is -0.451. The van der Waals surface area contributed by atoms with Crippen molar-refractivity contribution >= 4 is 11.7 Å². The molecule has 10 heteroatoms. The van der Waals surface area contributed by atoms with Crippen molar-refractivity contribution in [2.24, 2.45) is 0 Å². The number of methoxy groups -OCH3 is 3. The number of hydrogen-bond donors (Lipinski definition) is 1. The van der Waals surface area contributed by atoms with Crippen LogP contribution in [0.1, 0.15) is 22.3 Å². The van der Waals surface area contributed by atoms with Crippen LogP contribution in [0.5, 0.6) is 17.2 Å². The number of carbonyl (C=O) groups excluding carboxylic acids is 1. The van der Waals surface area contributed by atoms with Gasteiger partial charge in [-0.1, -0.05) is 0 Å². The molecule has 1 N–H and O–H groups in total. The molecule has 2 aromatic rings. The molecule has 162 valence electrons. The van der Waals surface area contributed by atoms with E-state index in [4.69, 9.17) is 14.2 Å². The Bertz CT molecular complexity index is 878. The Morgan fingerprint density at radius 3 is 2.30 bits per heavy atom. The first-order valence-electron chi connectivity index (χ1n) is 9.16. The van der Waals surface area contributed by atoms with Crippen LogP contribution in [0, 0.1) is 0 Å². The van der Waals surface area contributed by atoms with Crippen LogP contribution in [0.2, 0.25) is 0 Å². The molecule has 0 saturated carbocycles. The maximum absolute atomic E-state index is 12.7. The van der Waals surface area contributed by atoms with Gasteiger partial charge >= 0.3 is 6.18 Å². The summed E-state index contributed by atoms with van der Waals surface area (Å²) in [4.78, 5) is 18.5. The molecule has 1 fully saturated rings. The smallest absolute Gasteiger partial charge is 0.417 e. The summed E-state index contributed by atoms with van der Waals surface area (Å²) in [5, 5.41) is 2.93. The highest BCUT2D eigenvalue weighted by atomic mass is 19.4. The Kier molecular flexibility index (Phi) is 6.23. The summed E-state index contributed by atoms with van der Waals surface area (Å²) in [6, 6.07) is 5.28. The number of hydrogen-bond acceptors (Lipinski definition) is 6. The molecule has 0 spiro atoms. The van der Waals surface area contributed by atoms with E-state index in [1.807, 2.05) is 4.90 Å². The van der Waals surface area contributed by atoms with Crippen LogP contribution in [0.4, 0.5) is 19.0 Å². The van der Waals surface area contributed by atoms with Crippen LogP contribution in [-0.4, -0.2) is 51.4 Å². The van der Waals surface area contributed by atoms with Gasteiger partial charge in [-0.05, 0) is 30.7 Å². The molecule has 1 amide bonds. The zero-order valence-corrected chi connectivity index (χ0v) is 16.7. The van der Waals surface area contributed by atoms with E-state index >= 15 is 0 Å². The fourth-order valence-corrected chi connectivity index (χ4v) is 3.31. The fraction of sp³-hybridized carbons (Fsp3) is 0.400. The van der Waals surface area contributed by atoms with E-state index in [2.05, 4.69) is 10.3 Å². The van der Waals surface area contributed by atoms with Gasteiger partial charge in [-0.15, -0.1) is 0 Å². The average molecular weight is 425 g/mol. The Labute approximate surface area is 171 Å². The SMILES string of the molecule is COc1cc(C(=O)N[C@H]2CCN(c3ccc(C(F)(F)F)cn3)C2)cc(OC)c1OC. The van der Waals surface area contributed by atoms with Crippen molar-refractivity contribution in [3.05, 3.63) is 41.6 Å². The third kappa shape index (κ3) is 4.52. The third-order valence-electron chi connectivity index (χ3n) is 4.85. The first-order chi connectivity index (χ1) is 14.3. The molecule has 1 aromatic heterocycles. The number of amides is 1. The highest BCUT2D eigenvalue weighted by Gasteiger charge is 2.31. The van der Waals surface area contributed by atoms with Crippen LogP contribution in [0.15, 0.2) is 30.5 Å². The molecule has 1 aromatic carbocycles. The quantitative estimate of drug-likeness (QED) is 0.767. The zero-order valence-electron chi connectivity index (χ0n) is 16.7. The Morgan fingerprint density at radius 2 is 1.80 bits per heavy atom. The van der Waals surface area contributed by atoms with E-state index in [0.29, 0.717) is 48.1 Å². The molecule has 0 radical (unpaired) electrons. The molecule has 7 nitrogen and oxygen atoms in total. The van der Waals surface area contributed by atoms with Gasteiger partial charge in [0.15, 0.2) is 11.5 Å². The second-order valence-corrected chi connectivity index (χ2v) is 6.72. The molecule has 3 rings (SSSR count). The van der Waals surface area contributed by atoms with Crippen molar-refractivity contribution in [1.82, 2.24) is 10.3 Å². The predicted molar refractivity (Wildman–Crippen MR) is 103 cm³/mol. The highest BCUT2D eigenvalue weighted by molar-refractivity contribution is 5.96. The van der Waals surface area contributed by atoms with Crippen molar-refractivity contribution in [1.29, 1.82) is 0 Å². The largest absolute Gasteiger partial charge is 0.493 e. The summed E-state index contributed by atoms with van der Waals surface area (Å²) < 4.78 is 53.9. The molecule has 0 bridgehead atoms. The van der Waals surface area contributed by atoms with Crippen molar-refractivity contribution in [3.8, 4) is 17.2 Å². The second kappa shape index (κ2) is 8.68. The van der Waals surface area contributed by atoms with Crippen LogP contribution >= 0.6 is 0 Å². The summed E-state index contributed by atoms with van der Waals surface area (Å²) in [7, 11) is 4.40. The lowest BCUT2D eigenvalue weighted by molar-refractivity contribution is -0.137. The lowest BCUT2D eigenvalue weighted by Crippen LogP contribution is -2.37. The molecule has 2 heterocycles. The molecular formula is C20H22F3N3O4. The van der Waals surface area contributed by atoms with E-state index in [1.54, 1.807) is 12.1 Å². The molecule has 1 aliphatic heterocycles. The van der Waals surface area contributed by atoms with Crippen molar-refractivity contribution in [2.45, 2.75) is 18.6 Å². The Balaban J connectivity index is 1.67. The number of nitrogens with one attached hydrogen (secondary N) is 1. The van der Waals surface area contributed by atoms with Crippen molar-refractivity contribution in [2.75, 3.05) is 39.3 Å². The normalized spacial score (nSPS) is 16.3. The van der Waals surface area contributed by atoms with Crippen LogP contribution in [-0.2, 0) is 6.18 Å². The van der Waals surface area contributed by atoms with E-state index < -0.39 is 11.7 Å². The first-order valence-corrected chi connectivity index (χ1v) is 9.16. The number of ether oxygens (including phenoxy) is 3. The van der Waals surface area contributed by atoms with Crippen molar-refractivity contribution in [3.63, 3.8) is 0 Å². The first kappa shape index (κ1) is 21.5. The lowest BCUT2D eigenvalue weighted by atomic mass is 10.1. The standard InChI is InChI=1S/C20H22F3N3O4/c1-28-15-8-12(9-16(29-2)18(15)30-3)19(27)25-14-6-7-26(11-14)17-5-4-13(10-24-17)20(21,22)23/h4-5,8-10,14H,6-7,11H2,1-3H3,(H,25,27)/t14-/m0/s1. The molecule has 0 unspecified atom stereocenters. The maximum atomic E-state index is 12.7. The lowest BCUT2D eigenvalue weighted by Gasteiger charge is -2.19. The summed E-state index contributed by atoms with van der Waals surface area (Å²) in [5.74, 6) is 1.24. The van der Waals surface area contributed by atoms with Gasteiger partial charge in [-0.25, -0.2) is 4.98 Å². The Morgan fingerprint density at radius 1 is 1.13 bits per heavy atom. The van der Waals surface area contributed by atoms with E-state index in [0.717, 1.165) is 12.3 Å². The summed E-state index contributed by atoms with van der Waals surface area (Å²) in [6.45, 7) is 1.01. The van der Waals surface area contributed by atoms with Gasteiger partial charge in [0.25, 0.3) is 5.91 Å². The topological polar surface area (TPSA) is 72.9 Å².